The van der Waals surface area contributed by atoms with E-state index < -0.39 is 0 Å². The first-order valence-corrected chi connectivity index (χ1v) is 4.92. The number of nitrogens with zero attached hydrogens (tertiary/aromatic N) is 5. The molecule has 84 valence electrons. The minimum Gasteiger partial charge on any atom is -0.370 e. The number of fused-ring (bicyclic) bond motifs is 1. The summed E-state index contributed by atoms with van der Waals surface area (Å²) in [4.78, 5) is 15.0. The van der Waals surface area contributed by atoms with E-state index in [1.807, 2.05) is 13.8 Å². The van der Waals surface area contributed by atoms with Crippen LogP contribution in [0, 0.1) is 13.8 Å². The zero-order valence-electron chi connectivity index (χ0n) is 9.14. The van der Waals surface area contributed by atoms with Crippen LogP contribution in [0.1, 0.15) is 23.4 Å². The highest BCUT2D eigenvalue weighted by molar-refractivity contribution is 5.74. The third-order valence-electron chi connectivity index (χ3n) is 2.53. The molecule has 0 saturated heterocycles. The third-order valence-corrected chi connectivity index (χ3v) is 2.53. The summed E-state index contributed by atoms with van der Waals surface area (Å²) in [7, 11) is 0. The molecular weight excluding hydrogens is 208 g/mol. The van der Waals surface area contributed by atoms with Gasteiger partial charge in [0.15, 0.2) is 0 Å². The van der Waals surface area contributed by atoms with Gasteiger partial charge in [-0.15, -0.1) is 0 Å². The molecule has 1 amide bonds. The maximum absolute atomic E-state index is 10.8. The molecule has 2 aromatic rings. The highest BCUT2D eigenvalue weighted by Gasteiger charge is 2.11. The molecule has 2 rings (SSSR count). The summed E-state index contributed by atoms with van der Waals surface area (Å²) in [5, 5.41) is 11.1. The van der Waals surface area contributed by atoms with Gasteiger partial charge >= 0.3 is 0 Å². The fourth-order valence-corrected chi connectivity index (χ4v) is 1.69. The maximum atomic E-state index is 10.8. The predicted octanol–water partition coefficient (Wildman–Crippen LogP) is -0.446. The van der Waals surface area contributed by atoms with Gasteiger partial charge in [-0.1, -0.05) is 5.10 Å². The van der Waals surface area contributed by atoms with Crippen LogP contribution in [0.3, 0.4) is 0 Å². The van der Waals surface area contributed by atoms with Crippen LogP contribution >= 0.6 is 0 Å². The van der Waals surface area contributed by atoms with Gasteiger partial charge in [-0.2, -0.15) is 4.52 Å². The molecule has 2 heterocycles. The van der Waals surface area contributed by atoms with Crippen LogP contribution in [0.5, 0.6) is 0 Å². The van der Waals surface area contributed by atoms with Gasteiger partial charge in [-0.25, -0.2) is 4.98 Å². The molecule has 7 heteroatoms. The van der Waals surface area contributed by atoms with Crippen LogP contribution in [0.2, 0.25) is 0 Å². The first kappa shape index (κ1) is 10.5. The molecule has 0 atom stereocenters. The Bertz CT molecular complexity index is 546. The minimum atomic E-state index is -0.324. The van der Waals surface area contributed by atoms with Crippen LogP contribution < -0.4 is 5.73 Å². The summed E-state index contributed by atoms with van der Waals surface area (Å²) in [6, 6.07) is 0. The molecule has 2 aromatic heterocycles. The minimum absolute atomic E-state index is 0.303. The number of hydrogen-bond acceptors (Lipinski definition) is 5. The van der Waals surface area contributed by atoms with Gasteiger partial charge in [0.05, 0.1) is 0 Å². The molecule has 0 aromatic carbocycles. The van der Waals surface area contributed by atoms with Gasteiger partial charge in [0.1, 0.15) is 0 Å². The number of nitrogens with two attached hydrogens (primary N) is 1. The van der Waals surface area contributed by atoms with E-state index in [-0.39, 0.29) is 5.91 Å². The van der Waals surface area contributed by atoms with Crippen molar-refractivity contribution in [1.82, 2.24) is 25.0 Å². The van der Waals surface area contributed by atoms with E-state index in [9.17, 15) is 4.79 Å². The molecule has 7 nitrogen and oxygen atoms in total. The Balaban J connectivity index is 2.46. The SMILES string of the molecule is Cc1nc2nnnn2c(C)c1CCC(N)=O. The van der Waals surface area contributed by atoms with E-state index in [1.54, 1.807) is 4.52 Å². The van der Waals surface area contributed by atoms with Crippen LogP contribution in [0.4, 0.5) is 0 Å². The number of aromatic nitrogens is 5. The number of hydrogen-bond donors (Lipinski definition) is 1. The van der Waals surface area contributed by atoms with Crippen molar-refractivity contribution in [3.63, 3.8) is 0 Å². The van der Waals surface area contributed by atoms with Crippen molar-refractivity contribution in [2.24, 2.45) is 5.73 Å². The number of rotatable bonds is 3. The molecule has 0 saturated carbocycles. The Hall–Kier alpha value is -2.05. The molecule has 16 heavy (non-hydrogen) atoms. The molecule has 2 N–H and O–H groups in total. The van der Waals surface area contributed by atoms with Gasteiger partial charge in [0, 0.05) is 17.8 Å². The van der Waals surface area contributed by atoms with Crippen LogP contribution in [0.15, 0.2) is 0 Å². The van der Waals surface area contributed by atoms with Gasteiger partial charge in [-0.3, -0.25) is 4.79 Å². The second kappa shape index (κ2) is 3.84. The first-order valence-electron chi connectivity index (χ1n) is 4.92. The van der Waals surface area contributed by atoms with Gasteiger partial charge in [0.25, 0.3) is 5.78 Å². The Kier molecular flexibility index (Phi) is 2.51. The van der Waals surface area contributed by atoms with Crippen LogP contribution in [-0.2, 0) is 11.2 Å². The molecule has 0 spiro atoms. The molecular formula is C9H12N6O. The number of amides is 1. The molecule has 0 aliphatic carbocycles. The van der Waals surface area contributed by atoms with Crippen molar-refractivity contribution in [3.8, 4) is 0 Å². The van der Waals surface area contributed by atoms with Crippen molar-refractivity contribution in [3.05, 3.63) is 17.0 Å². The molecule has 0 radical (unpaired) electrons. The summed E-state index contributed by atoms with van der Waals surface area (Å²) >= 11 is 0. The van der Waals surface area contributed by atoms with Crippen molar-refractivity contribution in [2.45, 2.75) is 26.7 Å². The zero-order valence-corrected chi connectivity index (χ0v) is 9.14. The lowest BCUT2D eigenvalue weighted by Crippen LogP contribution is -2.13. The average molecular weight is 220 g/mol. The van der Waals surface area contributed by atoms with Gasteiger partial charge in [-0.05, 0) is 36.3 Å². The van der Waals surface area contributed by atoms with E-state index in [0.717, 1.165) is 17.0 Å². The lowest BCUT2D eigenvalue weighted by atomic mass is 10.1. The van der Waals surface area contributed by atoms with Crippen LogP contribution in [-0.4, -0.2) is 30.9 Å². The summed E-state index contributed by atoms with van der Waals surface area (Å²) in [6.07, 6.45) is 0.868. The van der Waals surface area contributed by atoms with Crippen molar-refractivity contribution in [1.29, 1.82) is 0 Å². The van der Waals surface area contributed by atoms with E-state index in [4.69, 9.17) is 5.73 Å². The topological polar surface area (TPSA) is 99.1 Å². The Morgan fingerprint density at radius 1 is 1.44 bits per heavy atom. The number of aryl methyl sites for hydroxylation is 2. The molecule has 0 aliphatic rings. The highest BCUT2D eigenvalue weighted by Crippen LogP contribution is 2.14. The van der Waals surface area contributed by atoms with Gasteiger partial charge < -0.3 is 5.73 Å². The normalized spacial score (nSPS) is 10.9. The van der Waals surface area contributed by atoms with Crippen molar-refractivity contribution < 1.29 is 4.79 Å². The predicted molar refractivity (Wildman–Crippen MR) is 55.6 cm³/mol. The summed E-state index contributed by atoms with van der Waals surface area (Å²) in [6.45, 7) is 3.77. The second-order valence-corrected chi connectivity index (χ2v) is 3.62. The monoisotopic (exact) mass is 220 g/mol. The summed E-state index contributed by atoms with van der Waals surface area (Å²) in [5.41, 5.74) is 7.83. The number of carbonyl (C=O) groups is 1. The number of primary amides is 1. The van der Waals surface area contributed by atoms with Crippen molar-refractivity contribution in [2.75, 3.05) is 0 Å². The average Bonchev–Trinajstić information content (AvgIpc) is 2.64. The van der Waals surface area contributed by atoms with E-state index in [2.05, 4.69) is 20.5 Å². The maximum Gasteiger partial charge on any atom is 0.273 e. The lowest BCUT2D eigenvalue weighted by molar-refractivity contribution is -0.117. The van der Waals surface area contributed by atoms with E-state index in [1.165, 1.54) is 0 Å². The summed E-state index contributed by atoms with van der Waals surface area (Å²) < 4.78 is 1.56. The number of carbonyl (C=O) groups excluding carboxylic acids is 1. The van der Waals surface area contributed by atoms with Crippen LogP contribution in [0.25, 0.3) is 5.78 Å². The standard InChI is InChI=1S/C9H12N6O/c1-5-7(3-4-8(10)16)6(2)15-9(11-5)12-13-14-15/h3-4H2,1-2H3,(H2,10,16). The van der Waals surface area contributed by atoms with E-state index in [0.29, 0.717) is 18.6 Å². The third kappa shape index (κ3) is 1.71. The highest BCUT2D eigenvalue weighted by atomic mass is 16.1. The molecule has 0 aliphatic heterocycles. The second-order valence-electron chi connectivity index (χ2n) is 3.62. The molecule has 0 fully saturated rings. The Labute approximate surface area is 91.7 Å². The van der Waals surface area contributed by atoms with Crippen molar-refractivity contribution >= 4 is 11.7 Å². The summed E-state index contributed by atoms with van der Waals surface area (Å²) in [5.74, 6) is 0.147. The Morgan fingerprint density at radius 3 is 2.88 bits per heavy atom. The van der Waals surface area contributed by atoms with Gasteiger partial charge in [0.2, 0.25) is 5.91 Å². The Morgan fingerprint density at radius 2 is 2.19 bits per heavy atom. The lowest BCUT2D eigenvalue weighted by Gasteiger charge is -2.08. The first-order chi connectivity index (χ1) is 7.59. The fourth-order valence-electron chi connectivity index (χ4n) is 1.69. The molecule has 0 bridgehead atoms. The fraction of sp³-hybridized carbons (Fsp3) is 0.444. The largest absolute Gasteiger partial charge is 0.370 e. The number of tetrazole rings is 1. The quantitative estimate of drug-likeness (QED) is 0.755. The smallest absolute Gasteiger partial charge is 0.273 e. The van der Waals surface area contributed by atoms with E-state index >= 15 is 0 Å². The zero-order chi connectivity index (χ0) is 11.7. The molecule has 0 unspecified atom stereocenters.